The van der Waals surface area contributed by atoms with Crippen molar-refractivity contribution in [2.45, 2.75) is 6.04 Å². The van der Waals surface area contributed by atoms with Gasteiger partial charge in [0.15, 0.2) is 0 Å². The Labute approximate surface area is 139 Å². The van der Waals surface area contributed by atoms with E-state index in [1.165, 1.54) is 0 Å². The van der Waals surface area contributed by atoms with Gasteiger partial charge in [0.05, 0.1) is 29.2 Å². The van der Waals surface area contributed by atoms with E-state index in [9.17, 15) is 9.90 Å². The molecule has 2 aromatic rings. The molecule has 1 atom stereocenters. The normalized spacial score (nSPS) is 12.0. The van der Waals surface area contributed by atoms with Gasteiger partial charge < -0.3 is 10.4 Å². The van der Waals surface area contributed by atoms with E-state index in [1.807, 2.05) is 30.3 Å². The molecule has 2 rings (SSSR count). The maximum atomic E-state index is 11.9. The van der Waals surface area contributed by atoms with Crippen LogP contribution in [-0.2, 0) is 4.79 Å². The van der Waals surface area contributed by atoms with E-state index in [0.717, 1.165) is 5.56 Å². The van der Waals surface area contributed by atoms with Crippen LogP contribution in [0.3, 0.4) is 0 Å². The predicted molar refractivity (Wildman–Crippen MR) is 89.4 cm³/mol. The first-order valence-corrected chi connectivity index (χ1v) is 7.50. The molecule has 0 saturated heterocycles. The lowest BCUT2D eigenvalue weighted by Crippen LogP contribution is -2.32. The summed E-state index contributed by atoms with van der Waals surface area (Å²) in [5.74, 6) is -0.229. The third-order valence-electron chi connectivity index (χ3n) is 3.10. The van der Waals surface area contributed by atoms with E-state index >= 15 is 0 Å². The third kappa shape index (κ3) is 4.71. The second-order valence-electron chi connectivity index (χ2n) is 4.70. The lowest BCUT2D eigenvalue weighted by Gasteiger charge is -2.16. The summed E-state index contributed by atoms with van der Waals surface area (Å²) in [6.07, 6.45) is 0. The van der Waals surface area contributed by atoms with Gasteiger partial charge in [-0.2, -0.15) is 0 Å². The van der Waals surface area contributed by atoms with Crippen LogP contribution >= 0.6 is 23.2 Å². The van der Waals surface area contributed by atoms with Gasteiger partial charge in [-0.05, 0) is 23.8 Å². The number of carbonyl (C=O) groups is 1. The van der Waals surface area contributed by atoms with Gasteiger partial charge in [-0.3, -0.25) is 10.1 Å². The van der Waals surface area contributed by atoms with Crippen molar-refractivity contribution in [3.05, 3.63) is 64.1 Å². The van der Waals surface area contributed by atoms with Crippen LogP contribution in [-0.4, -0.2) is 24.2 Å². The van der Waals surface area contributed by atoms with Gasteiger partial charge >= 0.3 is 0 Å². The zero-order chi connectivity index (χ0) is 15.9. The Morgan fingerprint density at radius 1 is 1.09 bits per heavy atom. The van der Waals surface area contributed by atoms with Gasteiger partial charge in [-0.15, -0.1) is 0 Å². The molecule has 2 aromatic carbocycles. The van der Waals surface area contributed by atoms with Gasteiger partial charge in [-0.25, -0.2) is 0 Å². The van der Waals surface area contributed by atoms with Crippen LogP contribution in [0.25, 0.3) is 0 Å². The van der Waals surface area contributed by atoms with E-state index in [-0.39, 0.29) is 25.1 Å². The minimum atomic E-state index is -0.291. The van der Waals surface area contributed by atoms with Crippen LogP contribution in [0.15, 0.2) is 48.5 Å². The number of aliphatic hydroxyl groups is 1. The van der Waals surface area contributed by atoms with Crippen LogP contribution in [0.5, 0.6) is 0 Å². The number of amides is 1. The van der Waals surface area contributed by atoms with Crippen molar-refractivity contribution in [2.24, 2.45) is 0 Å². The molecule has 0 saturated carbocycles. The number of halogens is 2. The van der Waals surface area contributed by atoms with Crippen molar-refractivity contribution in [1.82, 2.24) is 5.32 Å². The Morgan fingerprint density at radius 3 is 2.45 bits per heavy atom. The van der Waals surface area contributed by atoms with Crippen molar-refractivity contribution < 1.29 is 9.90 Å². The number of anilines is 1. The Morgan fingerprint density at radius 2 is 1.82 bits per heavy atom. The predicted octanol–water partition coefficient (Wildman–Crippen LogP) is 3.26. The first-order chi connectivity index (χ1) is 10.6. The summed E-state index contributed by atoms with van der Waals surface area (Å²) in [5, 5.41) is 16.0. The first-order valence-electron chi connectivity index (χ1n) is 6.74. The highest BCUT2D eigenvalue weighted by molar-refractivity contribution is 6.42. The topological polar surface area (TPSA) is 61.4 Å². The van der Waals surface area contributed by atoms with Crippen LogP contribution in [0.2, 0.25) is 10.0 Å². The molecule has 116 valence electrons. The first kappa shape index (κ1) is 16.8. The van der Waals surface area contributed by atoms with E-state index < -0.39 is 0 Å². The number of hydrogen-bond acceptors (Lipinski definition) is 3. The molecule has 0 heterocycles. The van der Waals surface area contributed by atoms with E-state index in [4.69, 9.17) is 23.2 Å². The molecule has 3 N–H and O–H groups in total. The highest BCUT2D eigenvalue weighted by atomic mass is 35.5. The SMILES string of the molecule is O=C(CN[C@H](CO)c1ccccc1)Nc1ccc(Cl)c(Cl)c1. The van der Waals surface area contributed by atoms with Gasteiger partial charge in [0.2, 0.25) is 5.91 Å². The summed E-state index contributed by atoms with van der Waals surface area (Å²) in [6.45, 7) is -0.0234. The number of carbonyl (C=O) groups excluding carboxylic acids is 1. The molecule has 0 bridgehead atoms. The van der Waals surface area contributed by atoms with Crippen molar-refractivity contribution >= 4 is 34.8 Å². The molecule has 0 aliphatic carbocycles. The number of aliphatic hydroxyl groups excluding tert-OH is 1. The number of nitrogens with one attached hydrogen (secondary N) is 2. The molecule has 0 fully saturated rings. The van der Waals surface area contributed by atoms with Gasteiger partial charge in [0.1, 0.15) is 0 Å². The number of rotatable bonds is 6. The summed E-state index contributed by atoms with van der Waals surface area (Å²) in [6, 6.07) is 14.0. The zero-order valence-electron chi connectivity index (χ0n) is 11.7. The molecule has 4 nitrogen and oxygen atoms in total. The third-order valence-corrected chi connectivity index (χ3v) is 3.84. The molecular weight excluding hydrogens is 323 g/mol. The Balaban J connectivity index is 1.90. The summed E-state index contributed by atoms with van der Waals surface area (Å²) >= 11 is 11.7. The van der Waals surface area contributed by atoms with E-state index in [2.05, 4.69) is 10.6 Å². The maximum absolute atomic E-state index is 11.9. The molecule has 1 amide bonds. The maximum Gasteiger partial charge on any atom is 0.238 e. The molecule has 0 aliphatic heterocycles. The van der Waals surface area contributed by atoms with Crippen LogP contribution in [0, 0.1) is 0 Å². The van der Waals surface area contributed by atoms with Gasteiger partial charge in [0, 0.05) is 5.69 Å². The standard InChI is InChI=1S/C16H16Cl2N2O2/c17-13-7-6-12(8-14(13)18)20-16(22)9-19-15(10-21)11-4-2-1-3-5-11/h1-8,15,19,21H,9-10H2,(H,20,22)/t15-/m1/s1. The summed E-state index contributed by atoms with van der Waals surface area (Å²) in [4.78, 5) is 11.9. The molecule has 0 spiro atoms. The minimum absolute atomic E-state index is 0.0698. The minimum Gasteiger partial charge on any atom is -0.394 e. The summed E-state index contributed by atoms with van der Waals surface area (Å²) in [5.41, 5.74) is 1.49. The van der Waals surface area contributed by atoms with Crippen LogP contribution < -0.4 is 10.6 Å². The number of hydrogen-bond donors (Lipinski definition) is 3. The Bertz CT molecular complexity index is 635. The van der Waals surface area contributed by atoms with Crippen molar-refractivity contribution in [3.8, 4) is 0 Å². The molecule has 0 unspecified atom stereocenters. The van der Waals surface area contributed by atoms with E-state index in [0.29, 0.717) is 15.7 Å². The lowest BCUT2D eigenvalue weighted by atomic mass is 10.1. The smallest absolute Gasteiger partial charge is 0.238 e. The highest BCUT2D eigenvalue weighted by Crippen LogP contribution is 2.24. The molecular formula is C16H16Cl2N2O2. The molecule has 0 radical (unpaired) electrons. The Kier molecular flexibility index (Phi) is 6.21. The average molecular weight is 339 g/mol. The second-order valence-corrected chi connectivity index (χ2v) is 5.52. The largest absolute Gasteiger partial charge is 0.394 e. The molecule has 0 aliphatic rings. The molecule has 22 heavy (non-hydrogen) atoms. The zero-order valence-corrected chi connectivity index (χ0v) is 13.2. The monoisotopic (exact) mass is 338 g/mol. The average Bonchev–Trinajstić information content (AvgIpc) is 2.52. The van der Waals surface area contributed by atoms with Crippen molar-refractivity contribution in [1.29, 1.82) is 0 Å². The highest BCUT2D eigenvalue weighted by Gasteiger charge is 2.11. The molecule has 6 heteroatoms. The summed E-state index contributed by atoms with van der Waals surface area (Å²) < 4.78 is 0. The number of benzene rings is 2. The second kappa shape index (κ2) is 8.15. The lowest BCUT2D eigenvalue weighted by molar-refractivity contribution is -0.115. The summed E-state index contributed by atoms with van der Waals surface area (Å²) in [7, 11) is 0. The quantitative estimate of drug-likeness (QED) is 0.757. The fourth-order valence-electron chi connectivity index (χ4n) is 1.97. The Hall–Kier alpha value is -1.59. The van der Waals surface area contributed by atoms with Crippen LogP contribution in [0.4, 0.5) is 5.69 Å². The van der Waals surface area contributed by atoms with E-state index in [1.54, 1.807) is 18.2 Å². The molecule has 0 aromatic heterocycles. The van der Waals surface area contributed by atoms with Gasteiger partial charge in [-0.1, -0.05) is 53.5 Å². The van der Waals surface area contributed by atoms with Gasteiger partial charge in [0.25, 0.3) is 0 Å². The van der Waals surface area contributed by atoms with Crippen molar-refractivity contribution in [3.63, 3.8) is 0 Å². The van der Waals surface area contributed by atoms with Crippen molar-refractivity contribution in [2.75, 3.05) is 18.5 Å². The van der Waals surface area contributed by atoms with Crippen LogP contribution in [0.1, 0.15) is 11.6 Å². The fraction of sp³-hybridized carbons (Fsp3) is 0.188. The fourth-order valence-corrected chi connectivity index (χ4v) is 2.27.